The number of ether oxygens (including phenoxy) is 1. The van der Waals surface area contributed by atoms with Gasteiger partial charge in [-0.05, 0) is 35.9 Å². The first-order valence-corrected chi connectivity index (χ1v) is 8.23. The smallest absolute Gasteiger partial charge is 0.416 e. The molecule has 0 amide bonds. The van der Waals surface area contributed by atoms with Gasteiger partial charge in [0, 0.05) is 38.4 Å². The number of hydrogen-bond acceptors (Lipinski definition) is 3. The van der Waals surface area contributed by atoms with Crippen LogP contribution in [0.2, 0.25) is 0 Å². The second-order valence-electron chi connectivity index (χ2n) is 6.16. The largest absolute Gasteiger partial charge is 0.497 e. The van der Waals surface area contributed by atoms with Gasteiger partial charge in [0.15, 0.2) is 0 Å². The Morgan fingerprint density at radius 2 is 1.64 bits per heavy atom. The summed E-state index contributed by atoms with van der Waals surface area (Å²) in [6.45, 7) is 3.92. The van der Waals surface area contributed by atoms with Crippen LogP contribution in [-0.4, -0.2) is 38.2 Å². The molecule has 2 aromatic carbocycles. The van der Waals surface area contributed by atoms with E-state index >= 15 is 0 Å². The van der Waals surface area contributed by atoms with Crippen LogP contribution in [0.1, 0.15) is 11.1 Å². The normalized spacial score (nSPS) is 16.1. The minimum absolute atomic E-state index is 0.592. The maximum atomic E-state index is 12.9. The number of methoxy groups -OCH3 is 1. The molecule has 2 aromatic rings. The van der Waals surface area contributed by atoms with Gasteiger partial charge in [-0.3, -0.25) is 4.90 Å². The van der Waals surface area contributed by atoms with Crippen LogP contribution in [0.4, 0.5) is 18.9 Å². The van der Waals surface area contributed by atoms with Crippen LogP contribution in [0.5, 0.6) is 5.75 Å². The molecule has 0 spiro atoms. The third-order valence-corrected chi connectivity index (χ3v) is 4.48. The van der Waals surface area contributed by atoms with Crippen molar-refractivity contribution in [2.24, 2.45) is 0 Å². The number of piperazine rings is 1. The molecule has 0 aromatic heterocycles. The van der Waals surface area contributed by atoms with Crippen LogP contribution in [0.25, 0.3) is 0 Å². The van der Waals surface area contributed by atoms with E-state index in [0.29, 0.717) is 5.69 Å². The zero-order valence-electron chi connectivity index (χ0n) is 14.1. The van der Waals surface area contributed by atoms with Crippen LogP contribution in [0.3, 0.4) is 0 Å². The van der Waals surface area contributed by atoms with E-state index < -0.39 is 11.7 Å². The maximum Gasteiger partial charge on any atom is 0.416 e. The summed E-state index contributed by atoms with van der Waals surface area (Å²) < 4.78 is 43.7. The van der Waals surface area contributed by atoms with Gasteiger partial charge in [0.2, 0.25) is 0 Å². The zero-order chi connectivity index (χ0) is 17.9. The van der Waals surface area contributed by atoms with Crippen LogP contribution >= 0.6 is 0 Å². The van der Waals surface area contributed by atoms with Crippen molar-refractivity contribution in [1.29, 1.82) is 0 Å². The monoisotopic (exact) mass is 350 g/mol. The summed E-state index contributed by atoms with van der Waals surface area (Å²) in [5.41, 5.74) is 1.25. The molecule has 3 rings (SSSR count). The maximum absolute atomic E-state index is 12.9. The highest BCUT2D eigenvalue weighted by atomic mass is 19.4. The third kappa shape index (κ3) is 4.45. The summed E-state index contributed by atoms with van der Waals surface area (Å²) in [7, 11) is 1.64. The lowest BCUT2D eigenvalue weighted by molar-refractivity contribution is -0.137. The van der Waals surface area contributed by atoms with E-state index in [1.54, 1.807) is 13.2 Å². The summed E-state index contributed by atoms with van der Waals surface area (Å²) >= 11 is 0. The molecule has 134 valence electrons. The first-order chi connectivity index (χ1) is 12.0. The summed E-state index contributed by atoms with van der Waals surface area (Å²) in [5.74, 6) is 0.832. The summed E-state index contributed by atoms with van der Waals surface area (Å²) in [5, 5.41) is 0. The molecule has 1 aliphatic heterocycles. The highest BCUT2D eigenvalue weighted by Gasteiger charge is 2.31. The molecule has 0 bridgehead atoms. The van der Waals surface area contributed by atoms with E-state index in [0.717, 1.165) is 44.5 Å². The summed E-state index contributed by atoms with van der Waals surface area (Å²) in [6.07, 6.45) is -4.30. The second-order valence-corrected chi connectivity index (χ2v) is 6.16. The van der Waals surface area contributed by atoms with Crippen LogP contribution in [0, 0.1) is 0 Å². The number of rotatable bonds is 4. The van der Waals surface area contributed by atoms with E-state index in [-0.39, 0.29) is 0 Å². The quantitative estimate of drug-likeness (QED) is 0.828. The summed E-state index contributed by atoms with van der Waals surface area (Å²) in [6, 6.07) is 13.5. The number of anilines is 1. The molecule has 6 heteroatoms. The fraction of sp³-hybridized carbons (Fsp3) is 0.368. The SMILES string of the molecule is COc1ccc(CN2CCN(c3cccc(C(F)(F)F)c3)CC2)cc1. The molecule has 1 heterocycles. The topological polar surface area (TPSA) is 15.7 Å². The van der Waals surface area contributed by atoms with E-state index in [2.05, 4.69) is 4.90 Å². The van der Waals surface area contributed by atoms with Crippen molar-refractivity contribution in [3.05, 3.63) is 59.7 Å². The molecule has 3 nitrogen and oxygen atoms in total. The van der Waals surface area contributed by atoms with Crippen molar-refractivity contribution in [2.75, 3.05) is 38.2 Å². The molecule has 0 N–H and O–H groups in total. The van der Waals surface area contributed by atoms with Crippen molar-refractivity contribution in [2.45, 2.75) is 12.7 Å². The summed E-state index contributed by atoms with van der Waals surface area (Å²) in [4.78, 5) is 4.33. The Labute approximate surface area is 145 Å². The van der Waals surface area contributed by atoms with Gasteiger partial charge < -0.3 is 9.64 Å². The lowest BCUT2D eigenvalue weighted by Gasteiger charge is -2.36. The van der Waals surface area contributed by atoms with Crippen molar-refractivity contribution in [3.8, 4) is 5.75 Å². The molecule has 1 saturated heterocycles. The van der Waals surface area contributed by atoms with Gasteiger partial charge in [-0.15, -0.1) is 0 Å². The molecule has 0 saturated carbocycles. The lowest BCUT2D eigenvalue weighted by Crippen LogP contribution is -2.46. The Kier molecular flexibility index (Phi) is 5.18. The first kappa shape index (κ1) is 17.6. The molecule has 0 unspecified atom stereocenters. The molecule has 0 radical (unpaired) electrons. The molecule has 1 aliphatic rings. The van der Waals surface area contributed by atoms with Gasteiger partial charge >= 0.3 is 6.18 Å². The Morgan fingerprint density at radius 3 is 2.24 bits per heavy atom. The van der Waals surface area contributed by atoms with E-state index in [1.807, 2.05) is 29.2 Å². The number of benzene rings is 2. The van der Waals surface area contributed by atoms with E-state index in [1.165, 1.54) is 17.7 Å². The Hall–Kier alpha value is -2.21. The molecular weight excluding hydrogens is 329 g/mol. The van der Waals surface area contributed by atoms with Gasteiger partial charge in [-0.25, -0.2) is 0 Å². The Morgan fingerprint density at radius 1 is 0.960 bits per heavy atom. The second kappa shape index (κ2) is 7.35. The van der Waals surface area contributed by atoms with Gasteiger partial charge in [0.1, 0.15) is 5.75 Å². The van der Waals surface area contributed by atoms with Crippen molar-refractivity contribution in [3.63, 3.8) is 0 Å². The Bertz CT molecular complexity index is 693. The first-order valence-electron chi connectivity index (χ1n) is 8.23. The predicted octanol–water partition coefficient (Wildman–Crippen LogP) is 4.04. The standard InChI is InChI=1S/C19H21F3N2O/c1-25-18-7-5-15(6-8-18)14-23-9-11-24(12-10-23)17-4-2-3-16(13-17)19(20,21)22/h2-8,13H,9-12,14H2,1H3. The minimum Gasteiger partial charge on any atom is -0.497 e. The van der Waals surface area contributed by atoms with Crippen LogP contribution in [-0.2, 0) is 12.7 Å². The number of alkyl halides is 3. The average Bonchev–Trinajstić information content (AvgIpc) is 2.62. The molecular formula is C19H21F3N2O. The minimum atomic E-state index is -4.30. The molecule has 1 fully saturated rings. The highest BCUT2D eigenvalue weighted by Crippen LogP contribution is 2.31. The van der Waals surface area contributed by atoms with E-state index in [4.69, 9.17) is 4.74 Å². The predicted molar refractivity (Wildman–Crippen MR) is 91.9 cm³/mol. The molecule has 0 aliphatic carbocycles. The van der Waals surface area contributed by atoms with Crippen molar-refractivity contribution in [1.82, 2.24) is 4.90 Å². The van der Waals surface area contributed by atoms with E-state index in [9.17, 15) is 13.2 Å². The lowest BCUT2D eigenvalue weighted by atomic mass is 10.1. The average molecular weight is 350 g/mol. The highest BCUT2D eigenvalue weighted by molar-refractivity contribution is 5.49. The fourth-order valence-electron chi connectivity index (χ4n) is 3.03. The van der Waals surface area contributed by atoms with Crippen molar-refractivity contribution < 1.29 is 17.9 Å². The fourth-order valence-corrected chi connectivity index (χ4v) is 3.03. The zero-order valence-corrected chi connectivity index (χ0v) is 14.1. The number of nitrogens with zero attached hydrogens (tertiary/aromatic N) is 2. The third-order valence-electron chi connectivity index (χ3n) is 4.48. The van der Waals surface area contributed by atoms with Crippen molar-refractivity contribution >= 4 is 5.69 Å². The molecule has 25 heavy (non-hydrogen) atoms. The van der Waals surface area contributed by atoms with Crippen LogP contribution in [0.15, 0.2) is 48.5 Å². The van der Waals surface area contributed by atoms with Gasteiger partial charge in [0.05, 0.1) is 12.7 Å². The Balaban J connectivity index is 1.58. The number of halogens is 3. The van der Waals surface area contributed by atoms with Gasteiger partial charge in [-0.1, -0.05) is 18.2 Å². The van der Waals surface area contributed by atoms with Crippen LogP contribution < -0.4 is 9.64 Å². The number of hydrogen-bond donors (Lipinski definition) is 0. The van der Waals surface area contributed by atoms with Gasteiger partial charge in [0.25, 0.3) is 0 Å². The van der Waals surface area contributed by atoms with Gasteiger partial charge in [-0.2, -0.15) is 13.2 Å². The molecule has 0 atom stereocenters.